The summed E-state index contributed by atoms with van der Waals surface area (Å²) in [6.07, 6.45) is 0. The van der Waals surface area contributed by atoms with Crippen LogP contribution in [0.1, 0.15) is 52.9 Å². The van der Waals surface area contributed by atoms with E-state index in [-0.39, 0.29) is 11.8 Å². The molecule has 0 atom stereocenters. The molecule has 0 aliphatic heterocycles. The van der Waals surface area contributed by atoms with Crippen LogP contribution < -0.4 is 5.32 Å². The van der Waals surface area contributed by atoms with Crippen LogP contribution in [0.4, 0.5) is 0 Å². The van der Waals surface area contributed by atoms with Gasteiger partial charge in [0.2, 0.25) is 0 Å². The van der Waals surface area contributed by atoms with Gasteiger partial charge in [-0.3, -0.25) is 4.79 Å². The Balaban J connectivity index is 0.00000141. The summed E-state index contributed by atoms with van der Waals surface area (Å²) in [5, 5.41) is 3.11. The summed E-state index contributed by atoms with van der Waals surface area (Å²) in [6.45, 7) is 8.37. The molecule has 0 saturated heterocycles. The lowest BCUT2D eigenvalue weighted by atomic mass is 9.91. The monoisotopic (exact) mass is 425 g/mol. The molecule has 4 aromatic rings. The van der Waals surface area contributed by atoms with Gasteiger partial charge in [0.05, 0.1) is 5.69 Å². The molecule has 0 bridgehead atoms. The maximum atomic E-state index is 13.0. The molecule has 0 spiro atoms. The summed E-state index contributed by atoms with van der Waals surface area (Å²) in [7, 11) is 0. The van der Waals surface area contributed by atoms with E-state index in [0.29, 0.717) is 12.2 Å². The van der Waals surface area contributed by atoms with Crippen molar-refractivity contribution in [2.45, 2.75) is 33.6 Å². The molecule has 4 nitrogen and oxygen atoms in total. The van der Waals surface area contributed by atoms with Gasteiger partial charge in [0, 0.05) is 18.2 Å². The number of amides is 1. The number of carbonyl (C=O) groups excluding carboxylic acids is 1. The number of carbonyl (C=O) groups is 1. The molecule has 164 valence electrons. The maximum absolute atomic E-state index is 13.0. The van der Waals surface area contributed by atoms with Crippen molar-refractivity contribution < 1.29 is 4.79 Å². The van der Waals surface area contributed by atoms with Crippen LogP contribution in [0.3, 0.4) is 0 Å². The van der Waals surface area contributed by atoms with Crippen LogP contribution in [-0.2, 0) is 0 Å². The second-order valence-corrected chi connectivity index (χ2v) is 7.35. The molecule has 1 amide bonds. The quantitative estimate of drug-likeness (QED) is 0.407. The smallest absolute Gasteiger partial charge is 0.271 e. The number of hydrogen-bond donors (Lipinski definition) is 1. The summed E-state index contributed by atoms with van der Waals surface area (Å²) in [5.74, 6) is 0.725. The Morgan fingerprint density at radius 2 is 1.28 bits per heavy atom. The van der Waals surface area contributed by atoms with Gasteiger partial charge in [0.1, 0.15) is 11.5 Å². The third kappa shape index (κ3) is 5.14. The highest BCUT2D eigenvalue weighted by Gasteiger charge is 2.21. The summed E-state index contributed by atoms with van der Waals surface area (Å²) >= 11 is 0. The van der Waals surface area contributed by atoms with E-state index < -0.39 is 0 Å². The molecule has 4 heteroatoms. The molecule has 0 unspecified atom stereocenters. The molecule has 0 aliphatic carbocycles. The molecule has 1 heterocycles. The van der Waals surface area contributed by atoms with Crippen molar-refractivity contribution in [3.8, 4) is 5.69 Å². The van der Waals surface area contributed by atoms with Gasteiger partial charge in [0.15, 0.2) is 0 Å². The number of nitrogens with one attached hydrogen (secondary N) is 1. The normalized spacial score (nSPS) is 10.4. The third-order valence-corrected chi connectivity index (χ3v) is 5.38. The van der Waals surface area contributed by atoms with E-state index >= 15 is 0 Å². The number of para-hydroxylation sites is 1. The Kier molecular flexibility index (Phi) is 7.98. The molecule has 32 heavy (non-hydrogen) atoms. The Morgan fingerprint density at radius 3 is 1.78 bits per heavy atom. The van der Waals surface area contributed by atoms with Crippen LogP contribution in [0.25, 0.3) is 5.69 Å². The maximum Gasteiger partial charge on any atom is 0.271 e. The largest absolute Gasteiger partial charge is 0.350 e. The Hall–Kier alpha value is -3.66. The van der Waals surface area contributed by atoms with Gasteiger partial charge in [-0.15, -0.1) is 0 Å². The van der Waals surface area contributed by atoms with Crippen molar-refractivity contribution in [1.29, 1.82) is 0 Å². The number of hydrogen-bond acceptors (Lipinski definition) is 2. The van der Waals surface area contributed by atoms with Crippen LogP contribution in [0.2, 0.25) is 0 Å². The van der Waals surface area contributed by atoms with E-state index in [9.17, 15) is 4.79 Å². The van der Waals surface area contributed by atoms with Crippen molar-refractivity contribution in [2.24, 2.45) is 0 Å². The molecule has 1 N–H and O–H groups in total. The SMILES string of the molecule is CC.Cc1nc(C(=O)NCC(c2ccccc2)c2ccccc2)c(C)n1-c1ccccc1. The average molecular weight is 426 g/mol. The summed E-state index contributed by atoms with van der Waals surface area (Å²) in [6, 6.07) is 30.5. The van der Waals surface area contributed by atoms with Crippen LogP contribution >= 0.6 is 0 Å². The highest BCUT2D eigenvalue weighted by atomic mass is 16.1. The van der Waals surface area contributed by atoms with Gasteiger partial charge in [0.25, 0.3) is 5.91 Å². The molecule has 3 aromatic carbocycles. The number of aryl methyl sites for hydroxylation is 1. The lowest BCUT2D eigenvalue weighted by Crippen LogP contribution is -2.29. The Bertz CT molecular complexity index is 1080. The number of imidazole rings is 1. The van der Waals surface area contributed by atoms with E-state index in [2.05, 4.69) is 34.6 Å². The topological polar surface area (TPSA) is 46.9 Å². The first-order valence-corrected chi connectivity index (χ1v) is 11.1. The van der Waals surface area contributed by atoms with E-state index in [0.717, 1.165) is 17.2 Å². The predicted octanol–water partition coefficient (Wildman–Crippen LogP) is 6.08. The Morgan fingerprint density at radius 1 is 0.812 bits per heavy atom. The lowest BCUT2D eigenvalue weighted by molar-refractivity contribution is 0.0947. The van der Waals surface area contributed by atoms with Crippen LogP contribution in [-0.4, -0.2) is 22.0 Å². The fraction of sp³-hybridized carbons (Fsp3) is 0.214. The van der Waals surface area contributed by atoms with Gasteiger partial charge in [-0.1, -0.05) is 92.7 Å². The first kappa shape index (κ1) is 23.0. The number of aromatic nitrogens is 2. The van der Waals surface area contributed by atoms with Crippen LogP contribution in [0.15, 0.2) is 91.0 Å². The first-order valence-electron chi connectivity index (χ1n) is 11.1. The Labute approximate surface area is 191 Å². The average Bonchev–Trinajstić information content (AvgIpc) is 3.16. The van der Waals surface area contributed by atoms with Crippen LogP contribution in [0.5, 0.6) is 0 Å². The fourth-order valence-electron chi connectivity index (χ4n) is 3.89. The number of rotatable bonds is 6. The van der Waals surface area contributed by atoms with Gasteiger partial charge in [-0.25, -0.2) is 4.98 Å². The van der Waals surface area contributed by atoms with Crippen molar-refractivity contribution in [2.75, 3.05) is 6.54 Å². The minimum atomic E-state index is -0.151. The molecule has 0 fully saturated rings. The molecular formula is C28H31N3O. The summed E-state index contributed by atoms with van der Waals surface area (Å²) in [4.78, 5) is 17.6. The van der Waals surface area contributed by atoms with Gasteiger partial charge < -0.3 is 9.88 Å². The molecule has 0 saturated carbocycles. The second-order valence-electron chi connectivity index (χ2n) is 7.35. The minimum Gasteiger partial charge on any atom is -0.350 e. The minimum absolute atomic E-state index is 0.0777. The van der Waals surface area contributed by atoms with Crippen molar-refractivity contribution in [3.63, 3.8) is 0 Å². The highest BCUT2D eigenvalue weighted by Crippen LogP contribution is 2.24. The third-order valence-electron chi connectivity index (χ3n) is 5.38. The summed E-state index contributed by atoms with van der Waals surface area (Å²) in [5.41, 5.74) is 4.66. The number of nitrogens with zero attached hydrogens (tertiary/aromatic N) is 2. The fourth-order valence-corrected chi connectivity index (χ4v) is 3.89. The standard InChI is InChI=1S/C26H25N3O.C2H6/c1-19-25(28-20(2)29(19)23-16-10-5-11-17-23)26(30)27-18-24(21-12-6-3-7-13-21)22-14-8-4-9-15-22;1-2/h3-17,24H,18H2,1-2H3,(H,27,30);1-2H3. The highest BCUT2D eigenvalue weighted by molar-refractivity contribution is 5.93. The second kappa shape index (κ2) is 11.1. The van der Waals surface area contributed by atoms with Gasteiger partial charge >= 0.3 is 0 Å². The van der Waals surface area contributed by atoms with E-state index in [1.807, 2.05) is 99.0 Å². The number of benzene rings is 3. The zero-order valence-electron chi connectivity index (χ0n) is 19.2. The molecule has 0 aliphatic rings. The molecular weight excluding hydrogens is 394 g/mol. The van der Waals surface area contributed by atoms with Crippen molar-refractivity contribution in [1.82, 2.24) is 14.9 Å². The van der Waals surface area contributed by atoms with Gasteiger partial charge in [-0.05, 0) is 37.1 Å². The molecule has 0 radical (unpaired) electrons. The van der Waals surface area contributed by atoms with Crippen LogP contribution in [0, 0.1) is 13.8 Å². The van der Waals surface area contributed by atoms with E-state index in [1.54, 1.807) is 0 Å². The van der Waals surface area contributed by atoms with E-state index in [1.165, 1.54) is 11.1 Å². The zero-order valence-corrected chi connectivity index (χ0v) is 19.2. The predicted molar refractivity (Wildman–Crippen MR) is 131 cm³/mol. The van der Waals surface area contributed by atoms with Crippen molar-refractivity contribution >= 4 is 5.91 Å². The lowest BCUT2D eigenvalue weighted by Gasteiger charge is -2.18. The zero-order chi connectivity index (χ0) is 22.9. The first-order chi connectivity index (χ1) is 15.6. The van der Waals surface area contributed by atoms with Crippen molar-refractivity contribution in [3.05, 3.63) is 119 Å². The molecule has 4 rings (SSSR count). The molecule has 1 aromatic heterocycles. The van der Waals surface area contributed by atoms with E-state index in [4.69, 9.17) is 0 Å². The van der Waals surface area contributed by atoms with Gasteiger partial charge in [-0.2, -0.15) is 0 Å². The summed E-state index contributed by atoms with van der Waals surface area (Å²) < 4.78 is 2.01.